The number of hydrogen-bond acceptors (Lipinski definition) is 5. The molecule has 8 heteroatoms. The van der Waals surface area contributed by atoms with Gasteiger partial charge in [0.05, 0.1) is 21.4 Å². The lowest BCUT2D eigenvalue weighted by molar-refractivity contribution is -0.137. The normalized spacial score (nSPS) is 18.3. The summed E-state index contributed by atoms with van der Waals surface area (Å²) in [4.78, 5) is 4.26. The molecule has 1 fully saturated rings. The second-order valence-electron chi connectivity index (χ2n) is 5.55. The molecule has 0 amide bonds. The van der Waals surface area contributed by atoms with Crippen molar-refractivity contribution in [1.82, 2.24) is 4.98 Å². The van der Waals surface area contributed by atoms with Crippen LogP contribution in [0.2, 0.25) is 0 Å². The maximum Gasteiger partial charge on any atom is 0.416 e. The van der Waals surface area contributed by atoms with Gasteiger partial charge in [-0.2, -0.15) is 13.2 Å². The molecule has 126 valence electrons. The van der Waals surface area contributed by atoms with Crippen molar-refractivity contribution in [3.63, 3.8) is 0 Å². The summed E-state index contributed by atoms with van der Waals surface area (Å²) in [5.41, 5.74) is -0.641. The van der Waals surface area contributed by atoms with Gasteiger partial charge in [0.15, 0.2) is 5.13 Å². The maximum absolute atomic E-state index is 12.7. The number of rotatable bonds is 4. The molecule has 2 aromatic rings. The highest BCUT2D eigenvalue weighted by atomic mass is 32.1. The Morgan fingerprint density at radius 1 is 1.35 bits per heavy atom. The third-order valence-electron chi connectivity index (χ3n) is 4.11. The van der Waals surface area contributed by atoms with Crippen LogP contribution >= 0.6 is 11.3 Å². The summed E-state index contributed by atoms with van der Waals surface area (Å²) in [6.07, 6.45) is -2.80. The van der Waals surface area contributed by atoms with Crippen LogP contribution in [0.1, 0.15) is 18.4 Å². The van der Waals surface area contributed by atoms with E-state index >= 15 is 0 Å². The maximum atomic E-state index is 12.7. The fourth-order valence-electron chi connectivity index (χ4n) is 2.61. The first-order chi connectivity index (χ1) is 10.9. The number of methoxy groups -OCH3 is 1. The number of fused-ring (bicyclic) bond motifs is 1. The average Bonchev–Trinajstić information content (AvgIpc) is 2.95. The van der Waals surface area contributed by atoms with Crippen LogP contribution in [0.25, 0.3) is 10.2 Å². The van der Waals surface area contributed by atoms with Crippen molar-refractivity contribution in [2.75, 3.05) is 32.2 Å². The van der Waals surface area contributed by atoms with Crippen LogP contribution in [0.15, 0.2) is 18.2 Å². The van der Waals surface area contributed by atoms with Crippen molar-refractivity contribution in [2.24, 2.45) is 0 Å². The van der Waals surface area contributed by atoms with Gasteiger partial charge in [-0.3, -0.25) is 0 Å². The van der Waals surface area contributed by atoms with E-state index in [2.05, 4.69) is 10.3 Å². The fourth-order valence-corrected chi connectivity index (χ4v) is 3.45. The fraction of sp³-hybridized carbons (Fsp3) is 0.533. The molecule has 0 atom stereocenters. The SMILES string of the molecule is COC1(CNc2nc3cc(C(F)(F)F)ccc3s2)CCOCC1. The third-order valence-corrected chi connectivity index (χ3v) is 5.11. The molecule has 0 bridgehead atoms. The Labute approximate surface area is 135 Å². The highest BCUT2D eigenvalue weighted by Crippen LogP contribution is 2.34. The number of aromatic nitrogens is 1. The molecule has 1 aromatic carbocycles. The molecule has 4 nitrogen and oxygen atoms in total. The standard InChI is InChI=1S/C15H17F3N2O2S/c1-21-14(4-6-22-7-5-14)9-19-13-20-11-8-10(15(16,17)18)2-3-12(11)23-13/h2-3,8H,4-7,9H2,1H3,(H,19,20). The molecule has 1 aliphatic rings. The van der Waals surface area contributed by atoms with Crippen LogP contribution in [-0.2, 0) is 15.7 Å². The molecule has 0 spiro atoms. The van der Waals surface area contributed by atoms with Gasteiger partial charge in [-0.1, -0.05) is 11.3 Å². The van der Waals surface area contributed by atoms with Gasteiger partial charge in [-0.05, 0) is 18.2 Å². The Balaban J connectivity index is 1.75. The minimum Gasteiger partial charge on any atom is -0.381 e. The van der Waals surface area contributed by atoms with Crippen LogP contribution in [-0.4, -0.2) is 37.5 Å². The van der Waals surface area contributed by atoms with Gasteiger partial charge >= 0.3 is 6.18 Å². The van der Waals surface area contributed by atoms with E-state index in [0.717, 1.165) is 29.7 Å². The molecule has 1 saturated heterocycles. The first-order valence-corrected chi connectivity index (χ1v) is 8.08. The summed E-state index contributed by atoms with van der Waals surface area (Å²) in [5.74, 6) is 0. The number of halogens is 3. The molecular formula is C15H17F3N2O2S. The van der Waals surface area contributed by atoms with Crippen LogP contribution in [0.3, 0.4) is 0 Å². The lowest BCUT2D eigenvalue weighted by Gasteiger charge is -2.35. The summed E-state index contributed by atoms with van der Waals surface area (Å²) in [6, 6.07) is 3.62. The summed E-state index contributed by atoms with van der Waals surface area (Å²) in [6.45, 7) is 1.84. The van der Waals surface area contributed by atoms with E-state index in [1.54, 1.807) is 7.11 Å². The van der Waals surface area contributed by atoms with E-state index in [-0.39, 0.29) is 5.60 Å². The monoisotopic (exact) mass is 346 g/mol. The van der Waals surface area contributed by atoms with Gasteiger partial charge in [-0.25, -0.2) is 4.98 Å². The first kappa shape index (κ1) is 16.5. The van der Waals surface area contributed by atoms with Crippen LogP contribution in [0, 0.1) is 0 Å². The molecule has 0 unspecified atom stereocenters. The summed E-state index contributed by atoms with van der Waals surface area (Å²) in [7, 11) is 1.67. The number of ether oxygens (including phenoxy) is 2. The quantitative estimate of drug-likeness (QED) is 0.911. The molecular weight excluding hydrogens is 329 g/mol. The first-order valence-electron chi connectivity index (χ1n) is 7.26. The summed E-state index contributed by atoms with van der Waals surface area (Å²) in [5, 5.41) is 3.80. The van der Waals surface area contributed by atoms with E-state index in [1.165, 1.54) is 17.4 Å². The summed E-state index contributed by atoms with van der Waals surface area (Å²) < 4.78 is 49.9. The van der Waals surface area contributed by atoms with Gasteiger partial charge in [0.2, 0.25) is 0 Å². The van der Waals surface area contributed by atoms with Crippen molar-refractivity contribution < 1.29 is 22.6 Å². The number of thiazole rings is 1. The van der Waals surface area contributed by atoms with E-state index < -0.39 is 11.7 Å². The van der Waals surface area contributed by atoms with E-state index in [0.29, 0.717) is 30.4 Å². The number of alkyl halides is 3. The predicted molar refractivity (Wildman–Crippen MR) is 82.9 cm³/mol. The minimum atomic E-state index is -4.35. The molecule has 0 radical (unpaired) electrons. The van der Waals surface area contributed by atoms with E-state index in [4.69, 9.17) is 9.47 Å². The molecule has 0 aliphatic carbocycles. The van der Waals surface area contributed by atoms with Gasteiger partial charge < -0.3 is 14.8 Å². The average molecular weight is 346 g/mol. The lowest BCUT2D eigenvalue weighted by atomic mass is 9.94. The smallest absolute Gasteiger partial charge is 0.381 e. The van der Waals surface area contributed by atoms with Crippen LogP contribution in [0.4, 0.5) is 18.3 Å². The zero-order valence-electron chi connectivity index (χ0n) is 12.6. The minimum absolute atomic E-state index is 0.312. The Bertz CT molecular complexity index is 681. The Hall–Kier alpha value is -1.38. The summed E-state index contributed by atoms with van der Waals surface area (Å²) >= 11 is 1.34. The number of nitrogens with zero attached hydrogens (tertiary/aromatic N) is 1. The third kappa shape index (κ3) is 3.59. The lowest BCUT2D eigenvalue weighted by Crippen LogP contribution is -2.44. The van der Waals surface area contributed by atoms with Crippen molar-refractivity contribution >= 4 is 26.7 Å². The zero-order valence-corrected chi connectivity index (χ0v) is 13.4. The van der Waals surface area contributed by atoms with Gasteiger partial charge in [0.25, 0.3) is 0 Å². The number of benzene rings is 1. The molecule has 0 saturated carbocycles. The second kappa shape index (κ2) is 6.26. The van der Waals surface area contributed by atoms with Crippen molar-refractivity contribution in [2.45, 2.75) is 24.6 Å². The molecule has 23 heavy (non-hydrogen) atoms. The molecule has 1 N–H and O–H groups in total. The highest BCUT2D eigenvalue weighted by molar-refractivity contribution is 7.22. The van der Waals surface area contributed by atoms with Crippen molar-refractivity contribution in [1.29, 1.82) is 0 Å². The van der Waals surface area contributed by atoms with E-state index in [1.807, 2.05) is 0 Å². The van der Waals surface area contributed by atoms with Gasteiger partial charge in [-0.15, -0.1) is 0 Å². The molecule has 1 aliphatic heterocycles. The second-order valence-corrected chi connectivity index (χ2v) is 6.58. The molecule has 1 aromatic heterocycles. The largest absolute Gasteiger partial charge is 0.416 e. The zero-order chi connectivity index (χ0) is 16.5. The van der Waals surface area contributed by atoms with E-state index in [9.17, 15) is 13.2 Å². The topological polar surface area (TPSA) is 43.4 Å². The number of hydrogen-bond donors (Lipinski definition) is 1. The molecule has 3 rings (SSSR count). The van der Waals surface area contributed by atoms with Crippen LogP contribution < -0.4 is 5.32 Å². The number of anilines is 1. The Morgan fingerprint density at radius 2 is 2.09 bits per heavy atom. The van der Waals surface area contributed by atoms with Crippen molar-refractivity contribution in [3.8, 4) is 0 Å². The molecule has 2 heterocycles. The predicted octanol–water partition coefficient (Wildman–Crippen LogP) is 3.92. The number of nitrogens with one attached hydrogen (secondary N) is 1. The Kier molecular flexibility index (Phi) is 4.48. The van der Waals surface area contributed by atoms with Crippen LogP contribution in [0.5, 0.6) is 0 Å². The van der Waals surface area contributed by atoms with Gasteiger partial charge in [0.1, 0.15) is 0 Å². The highest BCUT2D eigenvalue weighted by Gasteiger charge is 2.33. The Morgan fingerprint density at radius 3 is 2.74 bits per heavy atom. The van der Waals surface area contributed by atoms with Gasteiger partial charge in [0, 0.05) is 39.7 Å². The van der Waals surface area contributed by atoms with Crippen molar-refractivity contribution in [3.05, 3.63) is 23.8 Å².